The van der Waals surface area contributed by atoms with Gasteiger partial charge in [0.05, 0.1) is 24.9 Å². The van der Waals surface area contributed by atoms with Gasteiger partial charge in [-0.1, -0.05) is 12.1 Å². The Labute approximate surface area is 124 Å². The third kappa shape index (κ3) is 3.13. The maximum Gasteiger partial charge on any atom is 0.257 e. The Kier molecular flexibility index (Phi) is 4.42. The maximum absolute atomic E-state index is 12.6. The van der Waals surface area contributed by atoms with Gasteiger partial charge in [-0.2, -0.15) is 0 Å². The largest absolute Gasteiger partial charge is 0.494 e. The van der Waals surface area contributed by atoms with Gasteiger partial charge in [-0.05, 0) is 30.7 Å². The van der Waals surface area contributed by atoms with Gasteiger partial charge in [0.2, 0.25) is 0 Å². The summed E-state index contributed by atoms with van der Waals surface area (Å²) in [7, 11) is 3.28. The maximum atomic E-state index is 12.6. The van der Waals surface area contributed by atoms with Crippen molar-refractivity contribution in [2.24, 2.45) is 0 Å². The first-order valence-electron chi connectivity index (χ1n) is 6.65. The van der Waals surface area contributed by atoms with Crippen LogP contribution in [0.4, 0.5) is 5.69 Å². The molecule has 5 heteroatoms. The fraction of sp³-hybridized carbons (Fsp3) is 0.250. The lowest BCUT2D eigenvalue weighted by molar-refractivity contribution is 0.0739. The number of rotatable bonds is 4. The predicted octanol–water partition coefficient (Wildman–Crippen LogP) is 2.51. The molecule has 0 aliphatic carbocycles. The molecule has 1 aromatic heterocycles. The lowest BCUT2D eigenvalue weighted by Gasteiger charge is -2.26. The van der Waals surface area contributed by atoms with Gasteiger partial charge in [0.25, 0.3) is 5.91 Å². The average Bonchev–Trinajstić information content (AvgIpc) is 2.52. The van der Waals surface area contributed by atoms with E-state index >= 15 is 0 Å². The number of aromatic nitrogens is 1. The van der Waals surface area contributed by atoms with E-state index < -0.39 is 0 Å². The van der Waals surface area contributed by atoms with E-state index in [0.717, 1.165) is 5.56 Å². The van der Waals surface area contributed by atoms with Crippen molar-refractivity contribution in [1.82, 2.24) is 9.88 Å². The van der Waals surface area contributed by atoms with Crippen LogP contribution in [-0.4, -0.2) is 29.9 Å². The quantitative estimate of drug-likeness (QED) is 0.876. The van der Waals surface area contributed by atoms with Crippen molar-refractivity contribution >= 4 is 11.6 Å². The minimum atomic E-state index is -0.121. The molecule has 5 nitrogen and oxygen atoms in total. The molecular weight excluding hydrogens is 266 g/mol. The first-order chi connectivity index (χ1) is 10.0. The molecule has 0 saturated heterocycles. The van der Waals surface area contributed by atoms with E-state index in [1.165, 1.54) is 13.3 Å². The Balaban J connectivity index is 2.26. The van der Waals surface area contributed by atoms with Crippen LogP contribution in [0, 0.1) is 0 Å². The Morgan fingerprint density at radius 2 is 2.14 bits per heavy atom. The summed E-state index contributed by atoms with van der Waals surface area (Å²) in [4.78, 5) is 18.2. The van der Waals surface area contributed by atoms with Crippen LogP contribution in [-0.2, 0) is 0 Å². The van der Waals surface area contributed by atoms with E-state index in [1.807, 2.05) is 31.2 Å². The molecule has 21 heavy (non-hydrogen) atoms. The number of carbonyl (C=O) groups excluding carboxylic acids is 1. The monoisotopic (exact) mass is 285 g/mol. The summed E-state index contributed by atoms with van der Waals surface area (Å²) in [5.41, 5.74) is 7.96. The second-order valence-corrected chi connectivity index (χ2v) is 4.84. The molecule has 0 spiro atoms. The zero-order chi connectivity index (χ0) is 15.4. The van der Waals surface area contributed by atoms with E-state index in [4.69, 9.17) is 10.5 Å². The lowest BCUT2D eigenvalue weighted by Crippen LogP contribution is -2.30. The summed E-state index contributed by atoms with van der Waals surface area (Å²) in [5.74, 6) is 0.346. The molecule has 1 amide bonds. The molecule has 0 aliphatic rings. The minimum Gasteiger partial charge on any atom is -0.494 e. The standard InChI is InChI=1S/C16H19N3O2/c1-11(12-5-4-6-13(17)9-12)19(2)16(20)14-7-8-18-10-15(14)21-3/h4-11H,17H2,1-3H3. The molecule has 0 aliphatic heterocycles. The molecular formula is C16H19N3O2. The van der Waals surface area contributed by atoms with Crippen LogP contribution in [0.25, 0.3) is 0 Å². The molecule has 1 aromatic carbocycles. The Bertz CT molecular complexity index is 643. The molecule has 0 bridgehead atoms. The number of amides is 1. The van der Waals surface area contributed by atoms with Gasteiger partial charge in [0.15, 0.2) is 0 Å². The molecule has 2 rings (SSSR count). The number of hydrogen-bond acceptors (Lipinski definition) is 4. The smallest absolute Gasteiger partial charge is 0.257 e. The van der Waals surface area contributed by atoms with E-state index in [9.17, 15) is 4.79 Å². The van der Waals surface area contributed by atoms with Gasteiger partial charge in [-0.25, -0.2) is 0 Å². The number of hydrogen-bond donors (Lipinski definition) is 1. The first kappa shape index (κ1) is 14.8. The second kappa shape index (κ2) is 6.26. The van der Waals surface area contributed by atoms with Crippen LogP contribution >= 0.6 is 0 Å². The summed E-state index contributed by atoms with van der Waals surface area (Å²) < 4.78 is 5.19. The van der Waals surface area contributed by atoms with Gasteiger partial charge < -0.3 is 15.4 Å². The highest BCUT2D eigenvalue weighted by Gasteiger charge is 2.21. The molecule has 110 valence electrons. The number of nitrogen functional groups attached to an aromatic ring is 1. The van der Waals surface area contributed by atoms with Crippen LogP contribution in [0.5, 0.6) is 5.75 Å². The van der Waals surface area contributed by atoms with Crippen molar-refractivity contribution in [1.29, 1.82) is 0 Å². The molecule has 0 radical (unpaired) electrons. The van der Waals surface area contributed by atoms with Gasteiger partial charge in [0.1, 0.15) is 5.75 Å². The zero-order valence-electron chi connectivity index (χ0n) is 12.4. The van der Waals surface area contributed by atoms with Crippen LogP contribution < -0.4 is 10.5 Å². The molecule has 0 fully saturated rings. The summed E-state index contributed by atoms with van der Waals surface area (Å²) in [5, 5.41) is 0. The molecule has 0 saturated carbocycles. The Morgan fingerprint density at radius 1 is 1.38 bits per heavy atom. The number of methoxy groups -OCH3 is 1. The summed E-state index contributed by atoms with van der Waals surface area (Å²) in [6.45, 7) is 1.96. The van der Waals surface area contributed by atoms with E-state index in [0.29, 0.717) is 17.0 Å². The van der Waals surface area contributed by atoms with Gasteiger partial charge in [-0.3, -0.25) is 9.78 Å². The first-order valence-corrected chi connectivity index (χ1v) is 6.65. The SMILES string of the molecule is COc1cnccc1C(=O)N(C)C(C)c1cccc(N)c1. The number of ether oxygens (including phenoxy) is 1. The third-order valence-corrected chi connectivity index (χ3v) is 3.53. The lowest BCUT2D eigenvalue weighted by atomic mass is 10.1. The highest BCUT2D eigenvalue weighted by atomic mass is 16.5. The van der Waals surface area contributed by atoms with Crippen molar-refractivity contribution in [3.05, 3.63) is 53.9 Å². The number of anilines is 1. The van der Waals surface area contributed by atoms with Crippen molar-refractivity contribution in [3.63, 3.8) is 0 Å². The fourth-order valence-electron chi connectivity index (χ4n) is 2.13. The molecule has 2 aromatic rings. The average molecular weight is 285 g/mol. The number of benzene rings is 1. The Hall–Kier alpha value is -2.56. The molecule has 1 atom stereocenters. The third-order valence-electron chi connectivity index (χ3n) is 3.53. The minimum absolute atomic E-state index is 0.0983. The van der Waals surface area contributed by atoms with Crippen LogP contribution in [0.3, 0.4) is 0 Å². The van der Waals surface area contributed by atoms with Crippen molar-refractivity contribution in [3.8, 4) is 5.75 Å². The molecule has 1 unspecified atom stereocenters. The second-order valence-electron chi connectivity index (χ2n) is 4.84. The highest BCUT2D eigenvalue weighted by molar-refractivity contribution is 5.96. The normalized spacial score (nSPS) is 11.8. The van der Waals surface area contributed by atoms with Gasteiger partial charge in [0, 0.05) is 18.9 Å². The van der Waals surface area contributed by atoms with E-state index in [1.54, 1.807) is 24.2 Å². The van der Waals surface area contributed by atoms with Crippen LogP contribution in [0.2, 0.25) is 0 Å². The topological polar surface area (TPSA) is 68.5 Å². The molecule has 1 heterocycles. The Morgan fingerprint density at radius 3 is 2.81 bits per heavy atom. The number of nitrogens with two attached hydrogens (primary N) is 1. The summed E-state index contributed by atoms with van der Waals surface area (Å²) >= 11 is 0. The zero-order valence-corrected chi connectivity index (χ0v) is 12.4. The van der Waals surface area contributed by atoms with E-state index in [2.05, 4.69) is 4.98 Å². The van der Waals surface area contributed by atoms with Crippen molar-refractivity contribution in [2.45, 2.75) is 13.0 Å². The van der Waals surface area contributed by atoms with E-state index in [-0.39, 0.29) is 11.9 Å². The van der Waals surface area contributed by atoms with Crippen LogP contribution in [0.1, 0.15) is 28.9 Å². The number of pyridine rings is 1. The number of nitrogens with zero attached hydrogens (tertiary/aromatic N) is 2. The number of carbonyl (C=O) groups is 1. The van der Waals surface area contributed by atoms with Crippen LogP contribution in [0.15, 0.2) is 42.7 Å². The van der Waals surface area contributed by atoms with Crippen molar-refractivity contribution in [2.75, 3.05) is 19.9 Å². The predicted molar refractivity (Wildman–Crippen MR) is 82.2 cm³/mol. The summed E-state index contributed by atoms with van der Waals surface area (Å²) in [6.07, 6.45) is 3.11. The van der Waals surface area contributed by atoms with Gasteiger partial charge >= 0.3 is 0 Å². The molecule has 2 N–H and O–H groups in total. The highest BCUT2D eigenvalue weighted by Crippen LogP contribution is 2.25. The van der Waals surface area contributed by atoms with Crippen molar-refractivity contribution < 1.29 is 9.53 Å². The fourth-order valence-corrected chi connectivity index (χ4v) is 2.13. The summed E-state index contributed by atoms with van der Waals surface area (Å²) in [6, 6.07) is 9.09. The van der Waals surface area contributed by atoms with Gasteiger partial charge in [-0.15, -0.1) is 0 Å².